The summed E-state index contributed by atoms with van der Waals surface area (Å²) in [5.74, 6) is -22.2. The highest BCUT2D eigenvalue weighted by atomic mass is 16.8. The average Bonchev–Trinajstić information content (AvgIpc) is 1.18. The molecule has 808 valence electrons. The first-order chi connectivity index (χ1) is 68.9. The molecule has 0 bridgehead atoms. The number of rotatable bonds is 43. The van der Waals surface area contributed by atoms with Crippen molar-refractivity contribution in [3.8, 4) is 11.1 Å². The maximum absolute atomic E-state index is 14.3. The molecule has 2 aromatic rings. The molecule has 0 unspecified atom stereocenters. The largest absolute Gasteiger partial charge is 0.480 e. The number of hydrogen-bond donors (Lipinski definition) is 3. The second kappa shape index (κ2) is 54.0. The Bertz CT molecular complexity index is 4960. The molecule has 0 radical (unpaired) electrons. The number of alkyl carbamates (subject to hydrolysis) is 1. The lowest BCUT2D eigenvalue weighted by Crippen LogP contribution is -2.72. The van der Waals surface area contributed by atoms with Gasteiger partial charge in [0.05, 0.1) is 6.10 Å². The molecule has 0 spiro atoms. The summed E-state index contributed by atoms with van der Waals surface area (Å²) < 4.78 is 182. The van der Waals surface area contributed by atoms with Crippen LogP contribution in [0.2, 0.25) is 0 Å². The number of benzene rings is 2. The van der Waals surface area contributed by atoms with E-state index in [-0.39, 0.29) is 31.8 Å². The number of carbonyl (C=O) groups is 20. The van der Waals surface area contributed by atoms with E-state index in [1.54, 1.807) is 0 Å². The van der Waals surface area contributed by atoms with Gasteiger partial charge < -0.3 is 158 Å². The Morgan fingerprint density at radius 1 is 0.288 bits per heavy atom. The van der Waals surface area contributed by atoms with Crippen LogP contribution in [0.25, 0.3) is 11.1 Å². The summed E-state index contributed by atoms with van der Waals surface area (Å²) in [6, 6.07) is 11.3. The first kappa shape index (κ1) is 117. The molecule has 6 aliphatic heterocycles. The molecule has 0 saturated carbocycles. The molecule has 6 heterocycles. The fourth-order valence-electron chi connectivity index (χ4n) is 17.3. The van der Waals surface area contributed by atoms with Crippen molar-refractivity contribution in [2.24, 2.45) is 0 Å². The third kappa shape index (κ3) is 33.1. The van der Waals surface area contributed by atoms with Crippen molar-refractivity contribution in [1.82, 2.24) is 10.6 Å². The highest BCUT2D eigenvalue weighted by molar-refractivity contribution is 5.82. The minimum atomic E-state index is -2.51. The van der Waals surface area contributed by atoms with Crippen molar-refractivity contribution in [2.75, 3.05) is 46.2 Å². The zero-order chi connectivity index (χ0) is 108. The number of carboxylic acid groups (broad SMARTS) is 1. The fourth-order valence-corrected chi connectivity index (χ4v) is 17.3. The van der Waals surface area contributed by atoms with Gasteiger partial charge in [-0.15, -0.1) is 0 Å². The number of ether oxygens (including phenoxy) is 30. The van der Waals surface area contributed by atoms with Crippen molar-refractivity contribution in [2.45, 2.75) is 347 Å². The standard InChI is InChI=1S/C93H120N2O51/c1-38-69(125-45(8)102)76(129-49(12)106)82(134-54(17)111)89(124-38)146-85-77(130-50(13)107)71(127-47(10)104)64(34-119-41(4)98)140-92(85)144-75-68(94-39(2)96)87(137-63(33-118-40(3)97)70(75)126-46(9)103)145-80-72(128-48(11)105)65(35-120-42(5)99)139-91(84(80)136-56(19)113)143-74-67(37-122-44(7)101)141-90(83(135-55(18)112)79(74)132-52(15)109)142-73-66(36-121-43(6)100)138-88(81(133-53(16)110)78(73)131-51(14)108)117-31-25-24-30-62(86(114)115)95-93(116)123-32-61-59-28-22-20-26-57(59)58-27-21-23-29-60(58)61/h20-23,26-29,38,61-85,87-92H,24-25,30-37H2,1-19H3,(H,94,96)(H,95,116)(H,114,115)/t38-,62-,63+,64+,65+,66+,67+,68+,69+,70-,71-,72-,73+,74-,75+,76-,77-,78-,79-,80-,81+,82-,83+,84+,85+,87-,88+,89-,90-,91+,92-/m0/s1. The minimum absolute atomic E-state index is 0.00620. The first-order valence-electron chi connectivity index (χ1n) is 46.0. The summed E-state index contributed by atoms with van der Waals surface area (Å²) in [7, 11) is 0. The number of carboxylic acids is 1. The van der Waals surface area contributed by atoms with Gasteiger partial charge in [-0.25, -0.2) is 9.59 Å². The number of amides is 2. The van der Waals surface area contributed by atoms with Crippen molar-refractivity contribution in [3.63, 3.8) is 0 Å². The molecule has 9 rings (SSSR count). The average molecular weight is 2080 g/mol. The van der Waals surface area contributed by atoms with Gasteiger partial charge in [-0.2, -0.15) is 0 Å². The smallest absolute Gasteiger partial charge is 0.407 e. The van der Waals surface area contributed by atoms with E-state index in [1.807, 2.05) is 48.5 Å². The van der Waals surface area contributed by atoms with E-state index < -0.39 is 349 Å². The number of esters is 17. The lowest BCUT2D eigenvalue weighted by molar-refractivity contribution is -0.393. The van der Waals surface area contributed by atoms with Gasteiger partial charge in [0.1, 0.15) is 107 Å². The summed E-state index contributed by atoms with van der Waals surface area (Å²) in [5.41, 5.74) is 3.69. The lowest BCUT2D eigenvalue weighted by atomic mass is 9.93. The van der Waals surface area contributed by atoms with Crippen molar-refractivity contribution in [3.05, 3.63) is 59.7 Å². The van der Waals surface area contributed by atoms with Crippen LogP contribution in [0.3, 0.4) is 0 Å². The summed E-state index contributed by atoms with van der Waals surface area (Å²) in [4.78, 5) is 268. The zero-order valence-electron chi connectivity index (χ0n) is 83.0. The van der Waals surface area contributed by atoms with Crippen molar-refractivity contribution < 1.29 is 243 Å². The quantitative estimate of drug-likeness (QED) is 0.0473. The summed E-state index contributed by atoms with van der Waals surface area (Å²) in [6.07, 6.45) is -63.0. The van der Waals surface area contributed by atoms with Gasteiger partial charge in [0, 0.05) is 137 Å². The second-order valence-corrected chi connectivity index (χ2v) is 34.3. The van der Waals surface area contributed by atoms with Gasteiger partial charge in [0.2, 0.25) is 5.91 Å². The monoisotopic (exact) mass is 2080 g/mol. The van der Waals surface area contributed by atoms with E-state index in [1.165, 1.54) is 6.92 Å². The molecule has 6 fully saturated rings. The van der Waals surface area contributed by atoms with E-state index >= 15 is 0 Å². The fraction of sp³-hybridized carbons (Fsp3) is 0.656. The predicted molar refractivity (Wildman–Crippen MR) is 469 cm³/mol. The van der Waals surface area contributed by atoms with Gasteiger partial charge in [-0.05, 0) is 48.4 Å². The summed E-state index contributed by atoms with van der Waals surface area (Å²) >= 11 is 0. The zero-order valence-corrected chi connectivity index (χ0v) is 83.0. The van der Waals surface area contributed by atoms with E-state index in [9.17, 15) is 101 Å². The van der Waals surface area contributed by atoms with Gasteiger partial charge in [-0.1, -0.05) is 48.5 Å². The normalized spacial score (nSPS) is 30.4. The topological polar surface area (TPSA) is 663 Å². The van der Waals surface area contributed by atoms with Gasteiger partial charge in [-0.3, -0.25) is 86.3 Å². The molecule has 31 atom stereocenters. The summed E-state index contributed by atoms with van der Waals surface area (Å²) in [6.45, 7) is 11.8. The maximum Gasteiger partial charge on any atom is 0.407 e. The second-order valence-electron chi connectivity index (χ2n) is 34.3. The molecule has 2 amide bonds. The molecular weight excluding hydrogens is 1960 g/mol. The Kier molecular flexibility index (Phi) is 43.2. The molecule has 2 aromatic carbocycles. The molecule has 1 aliphatic carbocycles. The van der Waals surface area contributed by atoms with Crippen LogP contribution in [-0.2, 0) is 233 Å². The van der Waals surface area contributed by atoms with Crippen LogP contribution < -0.4 is 10.6 Å². The molecule has 6 saturated heterocycles. The third-order valence-electron chi connectivity index (χ3n) is 22.5. The highest BCUT2D eigenvalue weighted by Crippen LogP contribution is 2.47. The van der Waals surface area contributed by atoms with Gasteiger partial charge in [0.15, 0.2) is 117 Å². The van der Waals surface area contributed by atoms with Crippen LogP contribution in [0, 0.1) is 0 Å². The van der Waals surface area contributed by atoms with E-state index in [4.69, 9.17) is 142 Å². The lowest BCUT2D eigenvalue weighted by Gasteiger charge is -2.52. The highest BCUT2D eigenvalue weighted by Gasteiger charge is 2.65. The molecule has 3 N–H and O–H groups in total. The number of unbranched alkanes of at least 4 members (excludes halogenated alkanes) is 1. The van der Waals surface area contributed by atoms with Crippen molar-refractivity contribution in [1.29, 1.82) is 0 Å². The molecule has 53 heteroatoms. The van der Waals surface area contributed by atoms with E-state index in [2.05, 4.69) is 10.6 Å². The van der Waals surface area contributed by atoms with Gasteiger partial charge >= 0.3 is 114 Å². The molecule has 146 heavy (non-hydrogen) atoms. The van der Waals surface area contributed by atoms with E-state index in [0.717, 1.165) is 147 Å². The van der Waals surface area contributed by atoms with Crippen molar-refractivity contribution >= 4 is 119 Å². The van der Waals surface area contributed by atoms with Crippen LogP contribution in [0.15, 0.2) is 48.5 Å². The number of carbonyl (C=O) groups excluding carboxylic acids is 19. The molecule has 53 nitrogen and oxygen atoms in total. The Balaban J connectivity index is 1.13. The maximum atomic E-state index is 14.3. The molecule has 7 aliphatic rings. The van der Waals surface area contributed by atoms with Crippen LogP contribution in [0.5, 0.6) is 0 Å². The number of aliphatic carboxylic acids is 1. The third-order valence-corrected chi connectivity index (χ3v) is 22.5. The summed E-state index contributed by atoms with van der Waals surface area (Å²) in [5, 5.41) is 15.2. The van der Waals surface area contributed by atoms with E-state index in [0.29, 0.717) is 0 Å². The number of hydrogen-bond acceptors (Lipinski definition) is 50. The van der Waals surface area contributed by atoms with Crippen LogP contribution >= 0.6 is 0 Å². The predicted octanol–water partition coefficient (Wildman–Crippen LogP) is 0.961. The SMILES string of the molecule is CC(=O)N[C@H]1[C@H](O[C@H]2[C@@H](OC(C)=O)[C@@H](COC(C)=O)O[C@H](O[C@@H]3[C@H](OC(C)=O)[C@@H](OC(C)=O)[C@H](O[C@H]4[C@H](OC(C)=O)[C@@H](OC(C)=O)[C@H](OCCCC[C@H](NC(=O)OCC5c6ccccc6-c6ccccc65)C(=O)O)O[C@@H]4COC(C)=O)O[C@@H]3COC(C)=O)[C@@H]2OC(C)=O)O[C@H](COC(C)=O)[C@H](OC(C)=O)[C@@H]1O[C@@H]1O[C@H](COC(C)=O)[C@H](OC(C)=O)[C@H](OC(C)=O)[C@H]1O[C@@H]1O[C@@H](C)[C@@H](OC(C)=O)[C@H](OC(C)=O)[C@@H]1OC(C)=O. The Hall–Kier alpha value is -12.8. The van der Waals surface area contributed by atoms with Gasteiger partial charge in [0.25, 0.3) is 0 Å². The first-order valence-corrected chi connectivity index (χ1v) is 46.0. The Morgan fingerprint density at radius 3 is 0.945 bits per heavy atom. The molecular formula is C93H120N2O51. The van der Waals surface area contributed by atoms with Crippen LogP contribution in [0.1, 0.15) is 168 Å². The number of nitrogens with one attached hydrogen (secondary N) is 2. The minimum Gasteiger partial charge on any atom is -0.480 e. The van der Waals surface area contributed by atoms with Crippen LogP contribution in [0.4, 0.5) is 4.79 Å². The van der Waals surface area contributed by atoms with Crippen LogP contribution in [-0.4, -0.2) is 361 Å². The number of fused-ring (bicyclic) bond motifs is 3. The molecule has 0 aromatic heterocycles. The Morgan fingerprint density at radius 2 is 0.568 bits per heavy atom. The Labute approximate surface area is 834 Å².